The summed E-state index contributed by atoms with van der Waals surface area (Å²) in [5.74, 6) is -19.0. The largest absolute Gasteiger partial charge is 0.469 e. The summed E-state index contributed by atoms with van der Waals surface area (Å²) in [6.07, 6.45) is -59.1. The molecule has 0 saturated heterocycles. The molecule has 0 spiro atoms. The first-order chi connectivity index (χ1) is 32.2. The summed E-state index contributed by atoms with van der Waals surface area (Å²) in [6.45, 7) is 7.73. The Balaban J connectivity index is 6.96. The number of rotatable bonds is 35. The van der Waals surface area contributed by atoms with Crippen LogP contribution in [0.25, 0.3) is 0 Å². The third-order valence-electron chi connectivity index (χ3n) is 9.70. The van der Waals surface area contributed by atoms with E-state index in [0.717, 1.165) is 0 Å². The highest BCUT2D eigenvalue weighted by molar-refractivity contribution is 6.90. The lowest BCUT2D eigenvalue weighted by Crippen LogP contribution is -2.62. The van der Waals surface area contributed by atoms with Crippen LogP contribution in [0.1, 0.15) is 51.9 Å². The van der Waals surface area contributed by atoms with E-state index in [2.05, 4.69) is 20.8 Å². The Labute approximate surface area is 407 Å². The van der Waals surface area contributed by atoms with Gasteiger partial charge in [-0.3, -0.25) is 0 Å². The van der Waals surface area contributed by atoms with Crippen molar-refractivity contribution in [3.05, 3.63) is 12.2 Å². The van der Waals surface area contributed by atoms with Crippen LogP contribution in [0.2, 0.25) is 63.5 Å². The van der Waals surface area contributed by atoms with Crippen LogP contribution in [0.3, 0.4) is 0 Å². The van der Waals surface area contributed by atoms with Gasteiger partial charge in [-0.25, -0.2) is 18.0 Å². The van der Waals surface area contributed by atoms with Crippen LogP contribution in [0, 0.1) is 0 Å². The minimum Gasteiger partial charge on any atom is -0.462 e. The molecular weight excluding hydrogens is 1140 g/mol. The van der Waals surface area contributed by atoms with Crippen molar-refractivity contribution in [1.82, 2.24) is 0 Å². The zero-order valence-electron chi connectivity index (χ0n) is 39.9. The molecule has 0 N–H and O–H groups in total. The number of esters is 1. The molecule has 73 heavy (non-hydrogen) atoms. The number of alkyl halides is 24. The minimum atomic E-state index is -6.01. The van der Waals surface area contributed by atoms with E-state index in [1.165, 1.54) is 46.2 Å². The lowest BCUT2D eigenvalue weighted by Gasteiger charge is -2.45. The van der Waals surface area contributed by atoms with Crippen molar-refractivity contribution in [3.63, 3.8) is 0 Å². The molecule has 3 unspecified atom stereocenters. The lowest BCUT2D eigenvalue weighted by molar-refractivity contribution is -0.366. The molecule has 0 saturated carbocycles. The molecule has 0 bridgehead atoms. The Kier molecular flexibility index (Phi) is 25.5. The van der Waals surface area contributed by atoms with Crippen molar-refractivity contribution >= 4 is 39.7 Å². The molecular formula is C37H56F24O8Si4. The number of carbonyl (C=O) groups is 1. The number of ether oxygens (including phenoxy) is 4. The Morgan fingerprint density at radius 1 is 0.425 bits per heavy atom. The van der Waals surface area contributed by atoms with Gasteiger partial charge in [-0.1, -0.05) is 6.58 Å². The highest BCUT2D eigenvalue weighted by Gasteiger charge is 2.67. The molecule has 0 rings (SSSR count). The van der Waals surface area contributed by atoms with Crippen LogP contribution in [0.5, 0.6) is 0 Å². The standard InChI is InChI=1S/C37H56F24O8Si4/c1-24(2)28(62)63-13-9-20-73(67-70(3,4)17-10-14-64-35(56,57)32(50,51)25(38)21-29(41,42)43,68-71(5,6)18-11-15-65-36(58,59)33(52,53)26(39)22-30(44,45)46)69-72(7,8)19-12-16-66-37(60,61)34(54,55)27(40)23-31(47,48)49/h25-27H,1,9-23H2,2-8H3. The third-order valence-corrected chi connectivity index (χ3v) is 25.7. The molecule has 3 atom stereocenters. The van der Waals surface area contributed by atoms with Crippen LogP contribution in [-0.2, 0) is 36.1 Å². The molecule has 0 aromatic heterocycles. The molecule has 0 aliphatic rings. The van der Waals surface area contributed by atoms with Gasteiger partial charge in [0.25, 0.3) is 0 Å². The van der Waals surface area contributed by atoms with Gasteiger partial charge in [0.1, 0.15) is 0 Å². The predicted molar refractivity (Wildman–Crippen MR) is 219 cm³/mol. The Morgan fingerprint density at radius 3 is 0.877 bits per heavy atom. The SMILES string of the molecule is C=C(C)C(=O)OCCC[Si](O[Si](C)(C)CCCOC(F)(F)C(F)(F)C(F)CC(F)(F)F)(O[Si](C)(C)CCCOC(F)(F)C(F)(F)C(F)CC(F)(F)F)O[Si](C)(C)CCCOC(F)(F)C(F)(F)C(F)CC(F)(F)F. The number of carbonyl (C=O) groups excluding carboxylic acids is 1. The molecule has 8 nitrogen and oxygen atoms in total. The maximum atomic E-state index is 14.3. The summed E-state index contributed by atoms with van der Waals surface area (Å²) < 4.78 is 360. The van der Waals surface area contributed by atoms with E-state index in [0.29, 0.717) is 0 Å². The first-order valence-electron chi connectivity index (χ1n) is 21.4. The first kappa shape index (κ1) is 71.2. The molecule has 0 aromatic rings. The van der Waals surface area contributed by atoms with E-state index < -0.39 is 202 Å². The lowest BCUT2D eigenvalue weighted by atomic mass is 10.1. The second kappa shape index (κ2) is 26.2. The van der Waals surface area contributed by atoms with Crippen molar-refractivity contribution in [2.24, 2.45) is 0 Å². The first-order valence-corrected chi connectivity index (χ1v) is 32.7. The fourth-order valence-electron chi connectivity index (χ4n) is 6.13. The second-order valence-electron chi connectivity index (χ2n) is 18.4. The molecule has 0 heterocycles. The fraction of sp³-hybridized carbons (Fsp3) is 0.919. The topological polar surface area (TPSA) is 81.7 Å². The van der Waals surface area contributed by atoms with Crippen LogP contribution in [-0.4, -0.2) is 139 Å². The van der Waals surface area contributed by atoms with E-state index in [-0.39, 0.29) is 12.0 Å². The summed E-state index contributed by atoms with van der Waals surface area (Å²) in [6, 6.07) is -1.83. The average Bonchev–Trinajstić information content (AvgIpc) is 3.15. The van der Waals surface area contributed by atoms with Gasteiger partial charge in [0.15, 0.2) is 43.5 Å². The average molecular weight is 1200 g/mol. The van der Waals surface area contributed by atoms with Gasteiger partial charge in [0.05, 0.1) is 45.7 Å². The predicted octanol–water partition coefficient (Wildman–Crippen LogP) is 14.9. The van der Waals surface area contributed by atoms with Crippen molar-refractivity contribution < 1.29 is 141 Å². The highest BCUT2D eigenvalue weighted by Crippen LogP contribution is 2.46. The van der Waals surface area contributed by atoms with Crippen LogP contribution in [0.4, 0.5) is 105 Å². The smallest absolute Gasteiger partial charge is 0.462 e. The zero-order valence-corrected chi connectivity index (χ0v) is 43.9. The number of hydrogen-bond donors (Lipinski definition) is 0. The van der Waals surface area contributed by atoms with Crippen LogP contribution < -0.4 is 0 Å². The Bertz CT molecular complexity index is 1550. The van der Waals surface area contributed by atoms with E-state index in [4.69, 9.17) is 17.1 Å². The van der Waals surface area contributed by atoms with E-state index in [1.54, 1.807) is 0 Å². The summed E-state index contributed by atoms with van der Waals surface area (Å²) >= 11 is 0. The van der Waals surface area contributed by atoms with Crippen LogP contribution in [0.15, 0.2) is 12.2 Å². The molecule has 0 aromatic carbocycles. The Hall–Kier alpha value is -1.84. The van der Waals surface area contributed by atoms with Gasteiger partial charge in [0.2, 0.25) is 0 Å². The van der Waals surface area contributed by atoms with Crippen molar-refractivity contribution in [2.45, 2.75) is 188 Å². The normalized spacial score (nSPS) is 16.8. The molecule has 0 radical (unpaired) electrons. The molecule has 436 valence electrons. The molecule has 0 amide bonds. The highest BCUT2D eigenvalue weighted by atomic mass is 28.5. The van der Waals surface area contributed by atoms with E-state index in [9.17, 15) is 110 Å². The summed E-state index contributed by atoms with van der Waals surface area (Å²) in [4.78, 5) is 12.2. The van der Waals surface area contributed by atoms with Gasteiger partial charge in [-0.2, -0.15) is 92.2 Å². The van der Waals surface area contributed by atoms with Gasteiger partial charge < -0.3 is 31.3 Å². The second-order valence-corrected chi connectivity index (χ2v) is 34.8. The number of halogens is 24. The molecule has 36 heteroatoms. The molecule has 0 aliphatic heterocycles. The van der Waals surface area contributed by atoms with Crippen molar-refractivity contribution in [1.29, 1.82) is 0 Å². The van der Waals surface area contributed by atoms with Crippen molar-refractivity contribution in [3.8, 4) is 0 Å². The zero-order chi connectivity index (χ0) is 57.9. The van der Waals surface area contributed by atoms with Crippen LogP contribution >= 0.6 is 0 Å². The van der Waals surface area contributed by atoms with Gasteiger partial charge >= 0.3 is 69.4 Å². The van der Waals surface area contributed by atoms with E-state index in [1.807, 2.05) is 0 Å². The summed E-state index contributed by atoms with van der Waals surface area (Å²) in [7, 11) is -15.8. The maximum absolute atomic E-state index is 14.3. The van der Waals surface area contributed by atoms with Crippen molar-refractivity contribution in [2.75, 3.05) is 26.4 Å². The quantitative estimate of drug-likeness (QED) is 0.0204. The fourth-order valence-corrected chi connectivity index (χ4v) is 23.9. The molecule has 0 aliphatic carbocycles. The monoisotopic (exact) mass is 1200 g/mol. The number of hydrogen-bond acceptors (Lipinski definition) is 8. The Morgan fingerprint density at radius 2 is 0.658 bits per heavy atom. The van der Waals surface area contributed by atoms with Gasteiger partial charge in [-0.15, -0.1) is 0 Å². The summed E-state index contributed by atoms with van der Waals surface area (Å²) in [5, 5.41) is 0. The third kappa shape index (κ3) is 24.6. The maximum Gasteiger partial charge on any atom is 0.469 e. The minimum absolute atomic E-state index is 0.114. The summed E-state index contributed by atoms with van der Waals surface area (Å²) in [5.41, 5.74) is -0.114. The van der Waals surface area contributed by atoms with E-state index >= 15 is 0 Å². The molecule has 0 fully saturated rings. The van der Waals surface area contributed by atoms with Gasteiger partial charge in [0, 0.05) is 11.6 Å². The van der Waals surface area contributed by atoms with Gasteiger partial charge in [-0.05, 0) is 90.0 Å².